The van der Waals surface area contributed by atoms with E-state index in [0.29, 0.717) is 0 Å². The van der Waals surface area contributed by atoms with Crippen LogP contribution in [0.25, 0.3) is 0 Å². The summed E-state index contributed by atoms with van der Waals surface area (Å²) in [4.78, 5) is 9.38. The van der Waals surface area contributed by atoms with Crippen molar-refractivity contribution in [2.45, 2.75) is 0 Å². The highest BCUT2D eigenvalue weighted by Gasteiger charge is 1.82. The molecule has 0 atom stereocenters. The molecule has 5 heteroatoms. The van der Waals surface area contributed by atoms with Gasteiger partial charge in [0.05, 0.1) is 0 Å². The monoisotopic (exact) mass is 249 g/mol. The van der Waals surface area contributed by atoms with Crippen LogP contribution in [0, 0.1) is 4.91 Å². The van der Waals surface area contributed by atoms with Crippen LogP contribution in [-0.2, 0) is 0 Å². The van der Waals surface area contributed by atoms with Crippen molar-refractivity contribution in [1.82, 2.24) is 0 Å². The second-order valence-electron chi connectivity index (χ2n) is 0.721. The fourth-order valence-electron chi connectivity index (χ4n) is 0.106. The third-order valence-corrected chi connectivity index (χ3v) is 2.73. The molecule has 0 aromatic carbocycles. The highest BCUT2D eigenvalue weighted by Crippen LogP contribution is 2.13. The molecule has 7 heavy (non-hydrogen) atoms. The van der Waals surface area contributed by atoms with Crippen LogP contribution >= 0.6 is 42.1 Å². The minimum Gasteiger partial charge on any atom is -0.137 e. The average Bonchev–Trinajstić information content (AvgIpc) is 1.69. The van der Waals surface area contributed by atoms with Crippen LogP contribution in [0.4, 0.5) is 0 Å². The summed E-state index contributed by atoms with van der Waals surface area (Å²) in [5.41, 5.74) is 0. The van der Waals surface area contributed by atoms with Gasteiger partial charge in [-0.05, 0) is 21.2 Å². The molecule has 0 saturated heterocycles. The van der Waals surface area contributed by atoms with E-state index in [9.17, 15) is 4.91 Å². The van der Waals surface area contributed by atoms with Crippen LogP contribution in [0.1, 0.15) is 0 Å². The molecule has 0 rings (SSSR count). The molecular weight excluding hydrogens is 245 g/mol. The number of nitrogens with zero attached hydrogens (tertiary/aromatic N) is 1. The second kappa shape index (κ2) is 7.03. The van der Waals surface area contributed by atoms with Crippen molar-refractivity contribution in [3.63, 3.8) is 0 Å². The van der Waals surface area contributed by atoms with Crippen molar-refractivity contribution in [1.29, 1.82) is 0 Å². The summed E-state index contributed by atoms with van der Waals surface area (Å²) in [5.74, 6) is 1.83. The van der Waals surface area contributed by atoms with Crippen molar-refractivity contribution in [2.75, 3.05) is 11.5 Å². The summed E-state index contributed by atoms with van der Waals surface area (Å²) in [6, 6.07) is 0. The first-order valence-electron chi connectivity index (χ1n) is 1.60. The molecule has 0 bridgehead atoms. The molecule has 0 aliphatic heterocycles. The third kappa shape index (κ3) is 7.03. The predicted octanol–water partition coefficient (Wildman–Crippen LogP) is 2.48. The molecule has 0 heterocycles. The van der Waals surface area contributed by atoms with Crippen LogP contribution in [0.5, 0.6) is 0 Å². The Hall–Kier alpha value is 1.03. The summed E-state index contributed by atoms with van der Waals surface area (Å²) in [7, 11) is 1.69. The molecule has 0 N–H and O–H groups in total. The van der Waals surface area contributed by atoms with Gasteiger partial charge in [-0.15, -0.1) is 4.91 Å². The molecule has 0 aromatic rings. The Morgan fingerprint density at radius 3 is 2.71 bits per heavy atom. The lowest BCUT2D eigenvalue weighted by atomic mass is 11.0. The maximum atomic E-state index is 9.38. The molecule has 0 aromatic heterocycles. The SMILES string of the molecule is O=NSCCSI. The van der Waals surface area contributed by atoms with Crippen molar-refractivity contribution in [2.24, 2.45) is 4.58 Å². The zero-order valence-corrected chi connectivity index (χ0v) is 7.25. The number of halogens is 1. The Bertz CT molecular complexity index is 53.0. The fraction of sp³-hybridized carbons (Fsp3) is 1.00. The van der Waals surface area contributed by atoms with E-state index in [-0.39, 0.29) is 0 Å². The summed E-state index contributed by atoms with van der Waals surface area (Å²) in [5, 5.41) is 0. The molecule has 0 aliphatic rings. The number of nitroso groups, excluding NO2 is 1. The maximum Gasteiger partial charge on any atom is 0.0285 e. The van der Waals surface area contributed by atoms with Gasteiger partial charge in [0.2, 0.25) is 0 Å². The van der Waals surface area contributed by atoms with E-state index in [1.807, 2.05) is 0 Å². The van der Waals surface area contributed by atoms with Gasteiger partial charge in [-0.2, -0.15) is 0 Å². The normalized spacial score (nSPS) is 8.71. The molecule has 0 fully saturated rings. The first-order valence-corrected chi connectivity index (χ1v) is 6.07. The Balaban J connectivity index is 2.56. The van der Waals surface area contributed by atoms with Crippen LogP contribution < -0.4 is 0 Å². The predicted molar refractivity (Wildman–Crippen MR) is 44.7 cm³/mol. The van der Waals surface area contributed by atoms with Crippen molar-refractivity contribution in [3.05, 3.63) is 4.91 Å². The standard InChI is InChI=1S/C2H4INOS2/c3-6-1-2-7-4-5/h1-2H2. The minimum absolute atomic E-state index is 0.830. The smallest absolute Gasteiger partial charge is 0.0285 e. The van der Waals surface area contributed by atoms with E-state index < -0.39 is 0 Å². The lowest BCUT2D eigenvalue weighted by Gasteiger charge is -1.82. The lowest BCUT2D eigenvalue weighted by molar-refractivity contribution is 1.55. The topological polar surface area (TPSA) is 29.4 Å². The number of rotatable bonds is 4. The Labute approximate surface area is 62.9 Å². The van der Waals surface area contributed by atoms with Crippen LogP contribution in [0.2, 0.25) is 0 Å². The van der Waals surface area contributed by atoms with Gasteiger partial charge in [0, 0.05) is 28.0 Å². The van der Waals surface area contributed by atoms with Crippen LogP contribution in [-0.4, -0.2) is 11.5 Å². The van der Waals surface area contributed by atoms with Gasteiger partial charge in [-0.1, -0.05) is 8.93 Å². The fourth-order valence-corrected chi connectivity index (χ4v) is 2.35. The molecule has 0 saturated carbocycles. The molecule has 0 unspecified atom stereocenters. The molecule has 0 aliphatic carbocycles. The second-order valence-corrected chi connectivity index (χ2v) is 4.03. The first-order chi connectivity index (χ1) is 3.41. The number of hydrogen-bond acceptors (Lipinski definition) is 4. The molecule has 0 radical (unpaired) electrons. The van der Waals surface area contributed by atoms with Gasteiger partial charge >= 0.3 is 0 Å². The largest absolute Gasteiger partial charge is 0.137 e. The Morgan fingerprint density at radius 1 is 1.57 bits per heavy atom. The zero-order valence-electron chi connectivity index (χ0n) is 3.46. The van der Waals surface area contributed by atoms with Gasteiger partial charge in [0.25, 0.3) is 0 Å². The van der Waals surface area contributed by atoms with E-state index in [4.69, 9.17) is 0 Å². The molecular formula is C2H4INOS2. The summed E-state index contributed by atoms with van der Waals surface area (Å²) >= 11 is 3.26. The summed E-state index contributed by atoms with van der Waals surface area (Å²) in [6.07, 6.45) is 0. The van der Waals surface area contributed by atoms with E-state index >= 15 is 0 Å². The van der Waals surface area contributed by atoms with Crippen molar-refractivity contribution < 1.29 is 0 Å². The minimum atomic E-state index is 0.830. The van der Waals surface area contributed by atoms with E-state index in [1.165, 1.54) is 0 Å². The third-order valence-electron chi connectivity index (χ3n) is 0.304. The Morgan fingerprint density at radius 2 is 2.29 bits per heavy atom. The van der Waals surface area contributed by atoms with Crippen LogP contribution in [0.15, 0.2) is 4.58 Å². The molecule has 42 valence electrons. The van der Waals surface area contributed by atoms with Gasteiger partial charge in [-0.25, -0.2) is 0 Å². The van der Waals surface area contributed by atoms with Gasteiger partial charge < -0.3 is 0 Å². The quantitative estimate of drug-likeness (QED) is 0.332. The number of hydrogen-bond donors (Lipinski definition) is 0. The van der Waals surface area contributed by atoms with E-state index in [0.717, 1.165) is 23.5 Å². The van der Waals surface area contributed by atoms with Gasteiger partial charge in [0.1, 0.15) is 0 Å². The molecule has 0 amide bonds. The lowest BCUT2D eigenvalue weighted by Crippen LogP contribution is -1.73. The Kier molecular flexibility index (Phi) is 8.06. The van der Waals surface area contributed by atoms with Crippen molar-refractivity contribution >= 4 is 42.1 Å². The maximum absolute atomic E-state index is 9.38. The first kappa shape index (κ1) is 8.03. The van der Waals surface area contributed by atoms with Gasteiger partial charge in [0.15, 0.2) is 0 Å². The highest BCUT2D eigenvalue weighted by molar-refractivity contribution is 14.2. The van der Waals surface area contributed by atoms with Gasteiger partial charge in [-0.3, -0.25) is 0 Å². The zero-order chi connectivity index (χ0) is 5.54. The van der Waals surface area contributed by atoms with Crippen molar-refractivity contribution in [3.8, 4) is 0 Å². The molecule has 2 nitrogen and oxygen atoms in total. The van der Waals surface area contributed by atoms with E-state index in [1.54, 1.807) is 8.93 Å². The van der Waals surface area contributed by atoms with Crippen LogP contribution in [0.3, 0.4) is 0 Å². The summed E-state index contributed by atoms with van der Waals surface area (Å²) in [6.45, 7) is 0. The highest BCUT2D eigenvalue weighted by atomic mass is 127. The summed E-state index contributed by atoms with van der Waals surface area (Å²) < 4.78 is 2.62. The average molecular weight is 249 g/mol. The van der Waals surface area contributed by atoms with E-state index in [2.05, 4.69) is 25.8 Å². The molecule has 0 spiro atoms.